The standard InChI is InChI=1S/C45H29N3O/c1-4-11-30(12-5-1)31-19-21-32(22-20-31)33-23-25-34(26-24-33)38-17-10-18-40-42(38)39-28-27-37(29-41(39)49-40)45-47-43(35-13-6-2-7-14-35)46-44(48-45)36-15-8-3-9-16-36/h1-29H. The van der Waals surface area contributed by atoms with Crippen LogP contribution in [0.5, 0.6) is 0 Å². The molecule has 9 rings (SSSR count). The molecule has 0 saturated carbocycles. The SMILES string of the molecule is c1ccc(-c2ccc(-c3ccc(-c4cccc5oc6cc(-c7nc(-c8ccccc8)nc(-c8ccccc8)n7)ccc6c45)cc3)cc2)cc1. The molecular weight excluding hydrogens is 599 g/mol. The number of fused-ring (bicyclic) bond motifs is 3. The Morgan fingerprint density at radius 3 is 1.27 bits per heavy atom. The second-order valence-electron chi connectivity index (χ2n) is 12.1. The van der Waals surface area contributed by atoms with Gasteiger partial charge in [0.15, 0.2) is 17.5 Å². The second-order valence-corrected chi connectivity index (χ2v) is 12.1. The molecule has 0 N–H and O–H groups in total. The Balaban J connectivity index is 1.08. The van der Waals surface area contributed by atoms with Gasteiger partial charge in [0.05, 0.1) is 0 Å². The fourth-order valence-electron chi connectivity index (χ4n) is 6.47. The maximum Gasteiger partial charge on any atom is 0.164 e. The molecule has 2 heterocycles. The number of hydrogen-bond donors (Lipinski definition) is 0. The lowest BCUT2D eigenvalue weighted by Crippen LogP contribution is -2.00. The molecule has 4 nitrogen and oxygen atoms in total. The first-order valence-corrected chi connectivity index (χ1v) is 16.4. The molecule has 0 aliphatic carbocycles. The van der Waals surface area contributed by atoms with E-state index in [2.05, 4.69) is 97.1 Å². The van der Waals surface area contributed by atoms with E-state index in [1.54, 1.807) is 0 Å². The van der Waals surface area contributed by atoms with Gasteiger partial charge in [0, 0.05) is 27.5 Å². The quantitative estimate of drug-likeness (QED) is 0.184. The zero-order valence-corrected chi connectivity index (χ0v) is 26.5. The predicted octanol–water partition coefficient (Wildman–Crippen LogP) is 11.8. The summed E-state index contributed by atoms with van der Waals surface area (Å²) < 4.78 is 6.48. The van der Waals surface area contributed by atoms with Gasteiger partial charge in [-0.25, -0.2) is 15.0 Å². The van der Waals surface area contributed by atoms with E-state index in [4.69, 9.17) is 19.4 Å². The summed E-state index contributed by atoms with van der Waals surface area (Å²) in [6.45, 7) is 0. The van der Waals surface area contributed by atoms with E-state index in [1.165, 1.54) is 22.3 Å². The zero-order chi connectivity index (χ0) is 32.6. The van der Waals surface area contributed by atoms with Crippen LogP contribution in [0.1, 0.15) is 0 Å². The summed E-state index contributed by atoms with van der Waals surface area (Å²) in [6, 6.07) is 60.6. The molecule has 0 radical (unpaired) electrons. The maximum atomic E-state index is 6.48. The Kier molecular flexibility index (Phi) is 7.10. The van der Waals surface area contributed by atoms with Crippen LogP contribution in [0.2, 0.25) is 0 Å². The van der Waals surface area contributed by atoms with E-state index in [-0.39, 0.29) is 0 Å². The first kappa shape index (κ1) is 28.6. The van der Waals surface area contributed by atoms with Crippen LogP contribution in [0, 0.1) is 0 Å². The fraction of sp³-hybridized carbons (Fsp3) is 0. The van der Waals surface area contributed by atoms with Crippen LogP contribution in [0.25, 0.3) is 89.5 Å². The van der Waals surface area contributed by atoms with Gasteiger partial charge in [0.2, 0.25) is 0 Å². The van der Waals surface area contributed by atoms with Gasteiger partial charge in [0.25, 0.3) is 0 Å². The lowest BCUT2D eigenvalue weighted by Gasteiger charge is -2.09. The Hall–Kier alpha value is -6.65. The molecule has 4 heteroatoms. The molecule has 0 amide bonds. The minimum absolute atomic E-state index is 0.600. The third-order valence-electron chi connectivity index (χ3n) is 8.98. The van der Waals surface area contributed by atoms with Gasteiger partial charge in [-0.3, -0.25) is 0 Å². The van der Waals surface area contributed by atoms with Gasteiger partial charge >= 0.3 is 0 Å². The number of furan rings is 1. The lowest BCUT2D eigenvalue weighted by molar-refractivity contribution is 0.669. The van der Waals surface area contributed by atoms with Crippen molar-refractivity contribution in [1.29, 1.82) is 0 Å². The number of hydrogen-bond acceptors (Lipinski definition) is 4. The van der Waals surface area contributed by atoms with E-state index in [9.17, 15) is 0 Å². The van der Waals surface area contributed by atoms with Crippen LogP contribution in [0.15, 0.2) is 180 Å². The van der Waals surface area contributed by atoms with Crippen molar-refractivity contribution in [2.75, 3.05) is 0 Å². The van der Waals surface area contributed by atoms with Crippen LogP contribution in [0.3, 0.4) is 0 Å². The summed E-state index contributed by atoms with van der Waals surface area (Å²) in [6.07, 6.45) is 0. The summed E-state index contributed by atoms with van der Waals surface area (Å²) in [7, 11) is 0. The first-order chi connectivity index (χ1) is 24.3. The van der Waals surface area contributed by atoms with Crippen molar-refractivity contribution in [3.8, 4) is 67.5 Å². The summed E-state index contributed by atoms with van der Waals surface area (Å²) in [5, 5.41) is 2.14. The van der Waals surface area contributed by atoms with E-state index in [1.807, 2.05) is 78.9 Å². The van der Waals surface area contributed by atoms with Crippen molar-refractivity contribution >= 4 is 21.9 Å². The van der Waals surface area contributed by atoms with Crippen molar-refractivity contribution in [3.05, 3.63) is 176 Å². The van der Waals surface area contributed by atoms with Gasteiger partial charge in [-0.2, -0.15) is 0 Å². The van der Waals surface area contributed by atoms with E-state index >= 15 is 0 Å². The molecule has 0 atom stereocenters. The van der Waals surface area contributed by atoms with Crippen molar-refractivity contribution in [1.82, 2.24) is 15.0 Å². The molecule has 0 saturated heterocycles. The monoisotopic (exact) mass is 627 g/mol. The van der Waals surface area contributed by atoms with Crippen LogP contribution in [0.4, 0.5) is 0 Å². The van der Waals surface area contributed by atoms with E-state index in [0.29, 0.717) is 17.5 Å². The van der Waals surface area contributed by atoms with Gasteiger partial charge in [0.1, 0.15) is 11.2 Å². The molecule has 230 valence electrons. The van der Waals surface area contributed by atoms with Gasteiger partial charge in [-0.1, -0.05) is 158 Å². The minimum atomic E-state index is 0.600. The minimum Gasteiger partial charge on any atom is -0.456 e. The van der Waals surface area contributed by atoms with Crippen molar-refractivity contribution in [3.63, 3.8) is 0 Å². The molecule has 0 aliphatic heterocycles. The normalized spacial score (nSPS) is 11.3. The third kappa shape index (κ3) is 5.45. The molecule has 2 aromatic heterocycles. The van der Waals surface area contributed by atoms with Crippen molar-refractivity contribution < 1.29 is 4.42 Å². The number of aromatic nitrogens is 3. The summed E-state index contributed by atoms with van der Waals surface area (Å²) in [5.41, 5.74) is 11.5. The van der Waals surface area contributed by atoms with Crippen LogP contribution in [-0.4, -0.2) is 15.0 Å². The molecule has 7 aromatic carbocycles. The lowest BCUT2D eigenvalue weighted by atomic mass is 9.96. The van der Waals surface area contributed by atoms with Crippen molar-refractivity contribution in [2.24, 2.45) is 0 Å². The number of benzene rings is 7. The molecule has 0 aliphatic rings. The molecule has 0 unspecified atom stereocenters. The zero-order valence-electron chi connectivity index (χ0n) is 26.5. The fourth-order valence-corrected chi connectivity index (χ4v) is 6.47. The van der Waals surface area contributed by atoms with Crippen LogP contribution < -0.4 is 0 Å². The van der Waals surface area contributed by atoms with E-state index < -0.39 is 0 Å². The second kappa shape index (κ2) is 12.2. The first-order valence-electron chi connectivity index (χ1n) is 16.4. The predicted molar refractivity (Wildman–Crippen MR) is 200 cm³/mol. The Morgan fingerprint density at radius 2 is 0.735 bits per heavy atom. The van der Waals surface area contributed by atoms with Gasteiger partial charge in [-0.05, 0) is 51.6 Å². The highest BCUT2D eigenvalue weighted by atomic mass is 16.3. The average Bonchev–Trinajstić information content (AvgIpc) is 3.57. The Bertz CT molecular complexity index is 2500. The van der Waals surface area contributed by atoms with Crippen LogP contribution in [-0.2, 0) is 0 Å². The van der Waals surface area contributed by atoms with Crippen LogP contribution >= 0.6 is 0 Å². The highest BCUT2D eigenvalue weighted by molar-refractivity contribution is 6.13. The average molecular weight is 628 g/mol. The van der Waals surface area contributed by atoms with Crippen molar-refractivity contribution in [2.45, 2.75) is 0 Å². The molecule has 0 spiro atoms. The van der Waals surface area contributed by atoms with Gasteiger partial charge < -0.3 is 4.42 Å². The maximum absolute atomic E-state index is 6.48. The molecule has 0 bridgehead atoms. The smallest absolute Gasteiger partial charge is 0.164 e. The topological polar surface area (TPSA) is 51.8 Å². The molecule has 0 fully saturated rings. The Labute approximate surface area is 284 Å². The summed E-state index contributed by atoms with van der Waals surface area (Å²) >= 11 is 0. The largest absolute Gasteiger partial charge is 0.456 e. The molecular formula is C45H29N3O. The third-order valence-corrected chi connectivity index (χ3v) is 8.98. The van der Waals surface area contributed by atoms with Gasteiger partial charge in [-0.15, -0.1) is 0 Å². The molecule has 9 aromatic rings. The number of nitrogens with zero attached hydrogens (tertiary/aromatic N) is 3. The highest BCUT2D eigenvalue weighted by Crippen LogP contribution is 2.39. The molecule has 49 heavy (non-hydrogen) atoms. The summed E-state index contributed by atoms with van der Waals surface area (Å²) in [4.78, 5) is 14.7. The Morgan fingerprint density at radius 1 is 0.306 bits per heavy atom. The van der Waals surface area contributed by atoms with E-state index in [0.717, 1.165) is 49.8 Å². The summed E-state index contributed by atoms with van der Waals surface area (Å²) in [5.74, 6) is 1.86. The highest BCUT2D eigenvalue weighted by Gasteiger charge is 2.16. The number of rotatable bonds is 6.